The van der Waals surface area contributed by atoms with E-state index in [9.17, 15) is 4.79 Å². The fourth-order valence-corrected chi connectivity index (χ4v) is 2.56. The van der Waals surface area contributed by atoms with Gasteiger partial charge in [0.15, 0.2) is 0 Å². The van der Waals surface area contributed by atoms with Gasteiger partial charge in [0.2, 0.25) is 5.88 Å². The number of fused-ring (bicyclic) bond motifs is 1. The molecule has 0 radical (unpaired) electrons. The summed E-state index contributed by atoms with van der Waals surface area (Å²) < 4.78 is 5.61. The van der Waals surface area contributed by atoms with Gasteiger partial charge in [-0.3, -0.25) is 4.79 Å². The lowest BCUT2D eigenvalue weighted by atomic mass is 10.1. The van der Waals surface area contributed by atoms with Crippen LogP contribution in [0.5, 0.6) is 0 Å². The van der Waals surface area contributed by atoms with E-state index < -0.39 is 0 Å². The van der Waals surface area contributed by atoms with E-state index >= 15 is 0 Å². The number of nitrogens with one attached hydrogen (secondary N) is 1. The number of carbonyl (C=O) groups excluding carboxylic acids is 1. The van der Waals surface area contributed by atoms with Crippen LogP contribution >= 0.6 is 0 Å². The van der Waals surface area contributed by atoms with Crippen molar-refractivity contribution in [3.05, 3.63) is 52.8 Å². The Labute approximate surface area is 135 Å². The third-order valence-electron chi connectivity index (χ3n) is 4.12. The second kappa shape index (κ2) is 5.43. The van der Waals surface area contributed by atoms with Crippen molar-refractivity contribution >= 4 is 29.5 Å². The van der Waals surface area contributed by atoms with Crippen LogP contribution in [0.4, 0.5) is 11.6 Å². The summed E-state index contributed by atoms with van der Waals surface area (Å²) in [5, 5.41) is 2.93. The Kier molecular flexibility index (Phi) is 3.56. The van der Waals surface area contributed by atoms with Crippen molar-refractivity contribution < 1.29 is 9.21 Å². The molecule has 1 aliphatic heterocycles. The fourth-order valence-electron chi connectivity index (χ4n) is 2.56. The van der Waals surface area contributed by atoms with Crippen molar-refractivity contribution in [3.63, 3.8) is 0 Å². The normalized spacial score (nSPS) is 13.2. The van der Waals surface area contributed by atoms with Crippen molar-refractivity contribution in [2.75, 3.05) is 12.4 Å². The molecule has 2 heterocycles. The van der Waals surface area contributed by atoms with Crippen molar-refractivity contribution in [1.29, 1.82) is 0 Å². The second-order valence-corrected chi connectivity index (χ2v) is 5.77. The highest BCUT2D eigenvalue weighted by molar-refractivity contribution is 6.10. The number of amides is 1. The molecule has 0 fully saturated rings. The van der Waals surface area contributed by atoms with Gasteiger partial charge in [-0.15, -0.1) is 0 Å². The lowest BCUT2D eigenvalue weighted by Gasteiger charge is -2.20. The molecule has 1 aromatic heterocycles. The lowest BCUT2D eigenvalue weighted by molar-refractivity contribution is 0.102. The van der Waals surface area contributed by atoms with Crippen LogP contribution in [0.1, 0.15) is 32.8 Å². The highest BCUT2D eigenvalue weighted by Gasteiger charge is 2.28. The summed E-state index contributed by atoms with van der Waals surface area (Å²) in [6, 6.07) is 5.83. The van der Waals surface area contributed by atoms with Gasteiger partial charge in [-0.25, -0.2) is 4.99 Å². The molecule has 1 N–H and O–H groups in total. The molecule has 0 aliphatic carbocycles. The summed E-state index contributed by atoms with van der Waals surface area (Å²) in [5.41, 5.74) is 4.88. The second-order valence-electron chi connectivity index (χ2n) is 5.77. The van der Waals surface area contributed by atoms with Gasteiger partial charge >= 0.3 is 0 Å². The number of carbonyl (C=O) groups is 1. The van der Waals surface area contributed by atoms with Gasteiger partial charge in [0.25, 0.3) is 5.91 Å². The molecule has 3 rings (SSSR count). The fraction of sp³-hybridized carbons (Fsp3) is 0.222. The largest absolute Gasteiger partial charge is 0.442 e. The van der Waals surface area contributed by atoms with Crippen molar-refractivity contribution in [3.8, 4) is 0 Å². The van der Waals surface area contributed by atoms with Crippen LogP contribution in [0, 0.1) is 20.8 Å². The number of aryl methyl sites for hydroxylation is 3. The van der Waals surface area contributed by atoms with Crippen molar-refractivity contribution in [2.45, 2.75) is 20.8 Å². The van der Waals surface area contributed by atoms with Crippen molar-refractivity contribution in [2.24, 2.45) is 4.99 Å². The van der Waals surface area contributed by atoms with Gasteiger partial charge < -0.3 is 14.6 Å². The number of benzene rings is 1. The molecule has 118 valence electrons. The van der Waals surface area contributed by atoms with Crippen LogP contribution in [0.2, 0.25) is 0 Å². The van der Waals surface area contributed by atoms with Crippen LogP contribution in [-0.4, -0.2) is 24.2 Å². The van der Waals surface area contributed by atoms with Crippen LogP contribution in [0.15, 0.2) is 34.2 Å². The van der Waals surface area contributed by atoms with E-state index in [0.717, 1.165) is 11.3 Å². The zero-order valence-electron chi connectivity index (χ0n) is 13.7. The Bertz CT molecular complexity index is 846. The predicted octanol–water partition coefficient (Wildman–Crippen LogP) is 4.03. The highest BCUT2D eigenvalue weighted by Crippen LogP contribution is 2.37. The molecule has 5 heteroatoms. The van der Waals surface area contributed by atoms with Crippen LogP contribution in [0.3, 0.4) is 0 Å². The van der Waals surface area contributed by atoms with Gasteiger partial charge in [-0.1, -0.05) is 12.6 Å². The van der Waals surface area contributed by atoms with Gasteiger partial charge in [0.05, 0.1) is 17.5 Å². The quantitative estimate of drug-likeness (QED) is 0.911. The first-order chi connectivity index (χ1) is 10.9. The molecule has 23 heavy (non-hydrogen) atoms. The van der Waals surface area contributed by atoms with E-state index in [4.69, 9.17) is 4.42 Å². The third-order valence-corrected chi connectivity index (χ3v) is 4.12. The average Bonchev–Trinajstić information content (AvgIpc) is 2.84. The molecule has 0 unspecified atom stereocenters. The molecule has 5 nitrogen and oxygen atoms in total. The molecule has 0 bridgehead atoms. The molecule has 1 aliphatic rings. The number of anilines is 1. The summed E-state index contributed by atoms with van der Waals surface area (Å²) in [6.07, 6.45) is 1.62. The first-order valence-corrected chi connectivity index (χ1v) is 7.36. The summed E-state index contributed by atoms with van der Waals surface area (Å²) in [5.74, 6) is 0.739. The Hall–Kier alpha value is -2.82. The highest BCUT2D eigenvalue weighted by atomic mass is 16.4. The molecule has 0 saturated heterocycles. The molecular formula is C18H19N3O2. The minimum Gasteiger partial charge on any atom is -0.442 e. The zero-order valence-corrected chi connectivity index (χ0v) is 13.7. The van der Waals surface area contributed by atoms with Gasteiger partial charge in [-0.05, 0) is 44.0 Å². The monoisotopic (exact) mass is 309 g/mol. The SMILES string of the molecule is C=C1c2c(oc(C)c2C(=O)Nc2ccc(C)c(C)c2)N=CN1C. The van der Waals surface area contributed by atoms with E-state index in [0.29, 0.717) is 28.5 Å². The zero-order chi connectivity index (χ0) is 16.7. The van der Waals surface area contributed by atoms with E-state index in [1.807, 2.05) is 39.1 Å². The van der Waals surface area contributed by atoms with Gasteiger partial charge in [0, 0.05) is 18.4 Å². The first kappa shape index (κ1) is 15.1. The van der Waals surface area contributed by atoms with E-state index in [1.165, 1.54) is 5.56 Å². The smallest absolute Gasteiger partial charge is 0.259 e. The molecule has 2 aromatic rings. The van der Waals surface area contributed by atoms with Crippen LogP contribution in [0.25, 0.3) is 5.70 Å². The topological polar surface area (TPSA) is 57.8 Å². The summed E-state index contributed by atoms with van der Waals surface area (Å²) >= 11 is 0. The Balaban J connectivity index is 1.97. The maximum absolute atomic E-state index is 12.7. The number of hydrogen-bond acceptors (Lipinski definition) is 4. The number of hydrogen-bond donors (Lipinski definition) is 1. The summed E-state index contributed by atoms with van der Waals surface area (Å²) in [4.78, 5) is 18.7. The molecule has 0 saturated carbocycles. The maximum Gasteiger partial charge on any atom is 0.259 e. The number of rotatable bonds is 2. The van der Waals surface area contributed by atoms with E-state index in [1.54, 1.807) is 18.2 Å². The lowest BCUT2D eigenvalue weighted by Crippen LogP contribution is -2.20. The standard InChI is InChI=1S/C18H19N3O2/c1-10-6-7-14(8-11(10)2)20-17(22)16-13(4)23-18-15(16)12(3)21(5)9-19-18/h6-9H,3H2,1-2,4-5H3,(H,20,22). The summed E-state index contributed by atoms with van der Waals surface area (Å²) in [7, 11) is 1.84. The molecular weight excluding hydrogens is 290 g/mol. The van der Waals surface area contributed by atoms with Gasteiger partial charge in [-0.2, -0.15) is 0 Å². The molecule has 1 amide bonds. The Morgan fingerprint density at radius 2 is 2.00 bits per heavy atom. The minimum atomic E-state index is -0.220. The average molecular weight is 309 g/mol. The molecule has 1 aromatic carbocycles. The van der Waals surface area contributed by atoms with E-state index in [-0.39, 0.29) is 5.91 Å². The molecule has 0 spiro atoms. The van der Waals surface area contributed by atoms with Crippen LogP contribution < -0.4 is 5.32 Å². The maximum atomic E-state index is 12.7. The minimum absolute atomic E-state index is 0.220. The molecule has 0 atom stereocenters. The summed E-state index contributed by atoms with van der Waals surface area (Å²) in [6.45, 7) is 9.83. The Morgan fingerprint density at radius 1 is 1.26 bits per heavy atom. The Morgan fingerprint density at radius 3 is 2.70 bits per heavy atom. The first-order valence-electron chi connectivity index (χ1n) is 7.36. The van der Waals surface area contributed by atoms with E-state index in [2.05, 4.69) is 16.9 Å². The third kappa shape index (κ3) is 2.54. The number of aliphatic imine (C=N–C) groups is 1. The number of nitrogens with zero attached hydrogens (tertiary/aromatic N) is 2. The van der Waals surface area contributed by atoms with Gasteiger partial charge in [0.1, 0.15) is 5.76 Å². The number of furan rings is 1. The van der Waals surface area contributed by atoms with Crippen LogP contribution in [-0.2, 0) is 0 Å². The predicted molar refractivity (Wildman–Crippen MR) is 92.3 cm³/mol. The van der Waals surface area contributed by atoms with Crippen molar-refractivity contribution in [1.82, 2.24) is 4.90 Å².